The SMILES string of the molecule is CC(C)(C)c1cc([C@@H]2CC(c3ccc([N+](=O)[O-])cc3)=NN2c2ccccc2)cc(C(C)(C)C)c1O. The highest BCUT2D eigenvalue weighted by molar-refractivity contribution is 6.03. The first-order valence-electron chi connectivity index (χ1n) is 11.9. The van der Waals surface area contributed by atoms with Crippen LogP contribution in [-0.4, -0.2) is 15.7 Å². The lowest BCUT2D eigenvalue weighted by Crippen LogP contribution is -2.22. The second kappa shape index (κ2) is 8.84. The van der Waals surface area contributed by atoms with E-state index in [-0.39, 0.29) is 22.6 Å². The molecule has 1 aliphatic rings. The number of nitro benzene ring substituents is 1. The van der Waals surface area contributed by atoms with Crippen LogP contribution in [-0.2, 0) is 10.8 Å². The number of hydrogen-bond donors (Lipinski definition) is 1. The van der Waals surface area contributed by atoms with Crippen molar-refractivity contribution in [1.82, 2.24) is 0 Å². The normalized spacial score (nSPS) is 16.3. The number of phenols is 1. The van der Waals surface area contributed by atoms with Gasteiger partial charge in [-0.1, -0.05) is 59.7 Å². The summed E-state index contributed by atoms with van der Waals surface area (Å²) in [5.74, 6) is 0.356. The van der Waals surface area contributed by atoms with E-state index in [9.17, 15) is 15.2 Å². The first-order valence-corrected chi connectivity index (χ1v) is 11.9. The van der Waals surface area contributed by atoms with Crippen molar-refractivity contribution < 1.29 is 10.0 Å². The van der Waals surface area contributed by atoms with Crippen LogP contribution in [0.25, 0.3) is 0 Å². The molecule has 0 fully saturated rings. The third-order valence-electron chi connectivity index (χ3n) is 6.48. The molecule has 1 atom stereocenters. The quantitative estimate of drug-likeness (QED) is 0.321. The lowest BCUT2D eigenvalue weighted by molar-refractivity contribution is -0.384. The molecule has 6 nitrogen and oxygen atoms in total. The van der Waals surface area contributed by atoms with E-state index in [1.807, 2.05) is 35.3 Å². The molecule has 0 spiro atoms. The number of rotatable bonds is 4. The Morgan fingerprint density at radius 1 is 0.914 bits per heavy atom. The Morgan fingerprint density at radius 3 is 1.94 bits per heavy atom. The minimum atomic E-state index is -0.391. The van der Waals surface area contributed by atoms with E-state index in [1.165, 1.54) is 12.1 Å². The van der Waals surface area contributed by atoms with Crippen LogP contribution in [0.1, 0.15) is 76.3 Å². The molecule has 1 heterocycles. The van der Waals surface area contributed by atoms with Gasteiger partial charge in [0.15, 0.2) is 0 Å². The fourth-order valence-electron chi connectivity index (χ4n) is 4.53. The van der Waals surface area contributed by atoms with E-state index < -0.39 is 4.92 Å². The van der Waals surface area contributed by atoms with Crippen LogP contribution in [0, 0.1) is 10.1 Å². The molecule has 0 aromatic heterocycles. The molecule has 0 amide bonds. The lowest BCUT2D eigenvalue weighted by Gasteiger charge is -2.31. The number of benzene rings is 3. The molecule has 6 heteroatoms. The van der Waals surface area contributed by atoms with Gasteiger partial charge >= 0.3 is 0 Å². The first-order chi connectivity index (χ1) is 16.4. The molecule has 1 N–H and O–H groups in total. The van der Waals surface area contributed by atoms with Gasteiger partial charge in [0.05, 0.1) is 22.4 Å². The summed E-state index contributed by atoms with van der Waals surface area (Å²) in [6, 6.07) is 20.7. The first kappa shape index (κ1) is 24.5. The van der Waals surface area contributed by atoms with Gasteiger partial charge in [0.25, 0.3) is 5.69 Å². The van der Waals surface area contributed by atoms with Crippen molar-refractivity contribution in [3.8, 4) is 5.75 Å². The summed E-state index contributed by atoms with van der Waals surface area (Å²) in [5, 5.41) is 29.3. The van der Waals surface area contributed by atoms with Gasteiger partial charge in [-0.05, 0) is 69.5 Å². The highest BCUT2D eigenvalue weighted by atomic mass is 16.6. The average molecular weight is 472 g/mol. The van der Waals surface area contributed by atoms with E-state index >= 15 is 0 Å². The fourth-order valence-corrected chi connectivity index (χ4v) is 4.53. The summed E-state index contributed by atoms with van der Waals surface area (Å²) >= 11 is 0. The predicted octanol–water partition coefficient (Wildman–Crippen LogP) is 7.25. The Labute approximate surface area is 207 Å². The van der Waals surface area contributed by atoms with Gasteiger partial charge in [-0.25, -0.2) is 0 Å². The number of nitrogens with zero attached hydrogens (tertiary/aromatic N) is 3. The Balaban J connectivity index is 1.84. The molecule has 4 rings (SSSR count). The molecule has 0 bridgehead atoms. The van der Waals surface area contributed by atoms with Crippen molar-refractivity contribution in [2.45, 2.75) is 64.8 Å². The average Bonchev–Trinajstić information content (AvgIpc) is 3.24. The Morgan fingerprint density at radius 2 is 1.46 bits per heavy atom. The highest BCUT2D eigenvalue weighted by Crippen LogP contribution is 2.44. The minimum absolute atomic E-state index is 0.0620. The fraction of sp³-hybridized carbons (Fsp3) is 0.345. The maximum absolute atomic E-state index is 11.2. The molecule has 3 aromatic carbocycles. The standard InChI is InChI=1S/C29H33N3O3/c1-28(2,3)23-16-20(17-24(27(23)33)29(4,5)6)26-18-25(19-12-14-22(15-13-19)32(34)35)30-31(26)21-10-8-7-9-11-21/h7-17,26,33H,18H2,1-6H3/t26-/m0/s1. The summed E-state index contributed by atoms with van der Waals surface area (Å²) < 4.78 is 0. The Hall–Kier alpha value is -3.67. The zero-order valence-electron chi connectivity index (χ0n) is 21.2. The monoisotopic (exact) mass is 471 g/mol. The van der Waals surface area contributed by atoms with Crippen LogP contribution >= 0.6 is 0 Å². The number of para-hydroxylation sites is 1. The maximum Gasteiger partial charge on any atom is 0.269 e. The molecule has 1 aliphatic heterocycles. The lowest BCUT2D eigenvalue weighted by atomic mass is 9.77. The van der Waals surface area contributed by atoms with Crippen LogP contribution in [0.15, 0.2) is 71.8 Å². The molecular weight excluding hydrogens is 438 g/mol. The topological polar surface area (TPSA) is 79.0 Å². The number of phenolic OH excluding ortho intramolecular Hbond substituents is 1. The number of nitro groups is 1. The van der Waals surface area contributed by atoms with Crippen molar-refractivity contribution >= 4 is 17.1 Å². The van der Waals surface area contributed by atoms with Gasteiger partial charge in [0.1, 0.15) is 5.75 Å². The second-order valence-electron chi connectivity index (χ2n) is 11.2. The van der Waals surface area contributed by atoms with Crippen molar-refractivity contribution in [2.24, 2.45) is 5.10 Å². The zero-order valence-corrected chi connectivity index (χ0v) is 21.2. The van der Waals surface area contributed by atoms with E-state index in [0.29, 0.717) is 12.2 Å². The summed E-state index contributed by atoms with van der Waals surface area (Å²) in [4.78, 5) is 10.7. The largest absolute Gasteiger partial charge is 0.507 e. The van der Waals surface area contributed by atoms with Gasteiger partial charge in [0, 0.05) is 18.6 Å². The summed E-state index contributed by atoms with van der Waals surface area (Å²) in [6.07, 6.45) is 0.643. The number of non-ortho nitro benzene ring substituents is 1. The van der Waals surface area contributed by atoms with Gasteiger partial charge in [-0.2, -0.15) is 5.10 Å². The third kappa shape index (κ3) is 4.92. The Kier molecular flexibility index (Phi) is 6.18. The molecule has 0 saturated carbocycles. The van der Waals surface area contributed by atoms with Crippen LogP contribution in [0.5, 0.6) is 5.75 Å². The van der Waals surface area contributed by atoms with E-state index in [2.05, 4.69) is 53.7 Å². The molecule has 3 aromatic rings. The molecule has 0 unspecified atom stereocenters. The number of hydrogen-bond acceptors (Lipinski definition) is 5. The summed E-state index contributed by atoms with van der Waals surface area (Å²) in [7, 11) is 0. The van der Waals surface area contributed by atoms with E-state index in [1.54, 1.807) is 12.1 Å². The van der Waals surface area contributed by atoms with Gasteiger partial charge < -0.3 is 5.11 Å². The summed E-state index contributed by atoms with van der Waals surface area (Å²) in [5.41, 5.74) is 5.21. The van der Waals surface area contributed by atoms with Crippen LogP contribution in [0.4, 0.5) is 11.4 Å². The van der Waals surface area contributed by atoms with Crippen molar-refractivity contribution in [2.75, 3.05) is 5.01 Å². The highest BCUT2D eigenvalue weighted by Gasteiger charge is 2.34. The molecule has 0 aliphatic carbocycles. The predicted molar refractivity (Wildman–Crippen MR) is 141 cm³/mol. The van der Waals surface area contributed by atoms with Gasteiger partial charge in [-0.15, -0.1) is 0 Å². The second-order valence-corrected chi connectivity index (χ2v) is 11.2. The number of aromatic hydroxyl groups is 1. The molecule has 0 radical (unpaired) electrons. The van der Waals surface area contributed by atoms with Crippen molar-refractivity contribution in [3.05, 3.63) is 99.1 Å². The van der Waals surface area contributed by atoms with Crippen LogP contribution < -0.4 is 5.01 Å². The van der Waals surface area contributed by atoms with Crippen LogP contribution in [0.3, 0.4) is 0 Å². The van der Waals surface area contributed by atoms with Crippen molar-refractivity contribution in [1.29, 1.82) is 0 Å². The van der Waals surface area contributed by atoms with Crippen molar-refractivity contribution in [3.63, 3.8) is 0 Å². The molecule has 182 valence electrons. The Bertz CT molecular complexity index is 1230. The molecule has 35 heavy (non-hydrogen) atoms. The third-order valence-corrected chi connectivity index (χ3v) is 6.48. The molecule has 0 saturated heterocycles. The molecular formula is C29H33N3O3. The maximum atomic E-state index is 11.2. The zero-order chi connectivity index (χ0) is 25.5. The number of anilines is 1. The van der Waals surface area contributed by atoms with Gasteiger partial charge in [-0.3, -0.25) is 15.1 Å². The number of hydrazone groups is 1. The summed E-state index contributed by atoms with van der Waals surface area (Å²) in [6.45, 7) is 12.7. The van der Waals surface area contributed by atoms with Gasteiger partial charge in [0.2, 0.25) is 0 Å². The van der Waals surface area contributed by atoms with Crippen LogP contribution in [0.2, 0.25) is 0 Å². The minimum Gasteiger partial charge on any atom is -0.507 e. The smallest absolute Gasteiger partial charge is 0.269 e. The van der Waals surface area contributed by atoms with E-state index in [0.717, 1.165) is 33.7 Å². The van der Waals surface area contributed by atoms with E-state index in [4.69, 9.17) is 5.10 Å².